The molecule has 1 aromatic heterocycles. The van der Waals surface area contributed by atoms with E-state index in [1.54, 1.807) is 13.0 Å². The van der Waals surface area contributed by atoms with Gasteiger partial charge in [0.2, 0.25) is 5.91 Å². The third-order valence-corrected chi connectivity index (χ3v) is 5.09. The van der Waals surface area contributed by atoms with Crippen LogP contribution in [-0.2, 0) is 9.53 Å². The van der Waals surface area contributed by atoms with Gasteiger partial charge >= 0.3 is 5.97 Å². The maximum Gasteiger partial charge on any atom is 0.341 e. The zero-order valence-electron chi connectivity index (χ0n) is 16.3. The van der Waals surface area contributed by atoms with Gasteiger partial charge in [-0.05, 0) is 44.5 Å². The molecule has 0 spiro atoms. The predicted molar refractivity (Wildman–Crippen MR) is 111 cm³/mol. The molecule has 2 rings (SSSR count). The average molecular weight is 389 g/mol. The summed E-state index contributed by atoms with van der Waals surface area (Å²) in [7, 11) is 0. The lowest BCUT2D eigenvalue weighted by Gasteiger charge is -2.20. The van der Waals surface area contributed by atoms with E-state index in [0.29, 0.717) is 23.7 Å². The number of ether oxygens (including phenoxy) is 1. The van der Waals surface area contributed by atoms with Crippen molar-refractivity contribution in [2.24, 2.45) is 0 Å². The van der Waals surface area contributed by atoms with Crippen LogP contribution < -0.4 is 5.32 Å². The molecule has 0 aliphatic carbocycles. The number of esters is 1. The summed E-state index contributed by atoms with van der Waals surface area (Å²) in [6, 6.07) is 11.6. The van der Waals surface area contributed by atoms with E-state index in [1.165, 1.54) is 11.3 Å². The molecule has 146 valence electrons. The van der Waals surface area contributed by atoms with E-state index in [0.717, 1.165) is 36.4 Å². The normalized spacial score (nSPS) is 10.8. The summed E-state index contributed by atoms with van der Waals surface area (Å²) in [4.78, 5) is 27.9. The number of thiophene rings is 1. The van der Waals surface area contributed by atoms with Gasteiger partial charge in [0.05, 0.1) is 18.7 Å². The Hall–Kier alpha value is -2.18. The van der Waals surface area contributed by atoms with Gasteiger partial charge in [-0.15, -0.1) is 11.3 Å². The van der Waals surface area contributed by atoms with Crippen molar-refractivity contribution in [1.29, 1.82) is 0 Å². The first-order valence-corrected chi connectivity index (χ1v) is 10.3. The lowest BCUT2D eigenvalue weighted by molar-refractivity contribution is -0.117. The first-order chi connectivity index (χ1) is 13.1. The fourth-order valence-corrected chi connectivity index (χ4v) is 3.93. The first kappa shape index (κ1) is 21.1. The number of amides is 1. The van der Waals surface area contributed by atoms with E-state index in [2.05, 4.69) is 24.1 Å². The second kappa shape index (κ2) is 10.8. The highest BCUT2D eigenvalue weighted by atomic mass is 32.1. The highest BCUT2D eigenvalue weighted by molar-refractivity contribution is 7.20. The molecule has 0 radical (unpaired) electrons. The summed E-state index contributed by atoms with van der Waals surface area (Å²) in [5.74, 6) is -0.519. The van der Waals surface area contributed by atoms with Crippen LogP contribution in [0, 0.1) is 0 Å². The number of rotatable bonds is 10. The Morgan fingerprint density at radius 2 is 1.74 bits per heavy atom. The van der Waals surface area contributed by atoms with E-state index in [4.69, 9.17) is 4.74 Å². The van der Waals surface area contributed by atoms with Gasteiger partial charge in [-0.1, -0.05) is 44.2 Å². The lowest BCUT2D eigenvalue weighted by atomic mass is 10.1. The first-order valence-electron chi connectivity index (χ1n) is 9.47. The molecule has 5 nitrogen and oxygen atoms in total. The highest BCUT2D eigenvalue weighted by Crippen LogP contribution is 2.35. The number of benzene rings is 1. The maximum absolute atomic E-state index is 12.6. The Morgan fingerprint density at radius 1 is 1.07 bits per heavy atom. The van der Waals surface area contributed by atoms with Gasteiger partial charge in [0.1, 0.15) is 5.00 Å². The molecule has 0 fully saturated rings. The fourth-order valence-electron chi connectivity index (χ4n) is 2.86. The Morgan fingerprint density at radius 3 is 2.33 bits per heavy atom. The SMILES string of the molecule is CCCN(CCC)CC(=O)Nc1sc(-c2ccccc2)cc1C(=O)OCC. The molecule has 0 unspecified atom stereocenters. The van der Waals surface area contributed by atoms with Crippen molar-refractivity contribution < 1.29 is 14.3 Å². The molecule has 0 saturated carbocycles. The van der Waals surface area contributed by atoms with Crippen molar-refractivity contribution >= 4 is 28.2 Å². The number of nitrogens with zero attached hydrogens (tertiary/aromatic N) is 1. The van der Waals surface area contributed by atoms with Gasteiger partial charge < -0.3 is 10.1 Å². The molecule has 0 aliphatic heterocycles. The van der Waals surface area contributed by atoms with Crippen molar-refractivity contribution in [3.63, 3.8) is 0 Å². The van der Waals surface area contributed by atoms with Gasteiger partial charge in [-0.2, -0.15) is 0 Å². The molecule has 27 heavy (non-hydrogen) atoms. The summed E-state index contributed by atoms with van der Waals surface area (Å²) in [5, 5.41) is 3.47. The molecule has 0 aliphatic rings. The molecule has 1 aromatic carbocycles. The number of hydrogen-bond donors (Lipinski definition) is 1. The van der Waals surface area contributed by atoms with Crippen LogP contribution in [0.5, 0.6) is 0 Å². The number of anilines is 1. The van der Waals surface area contributed by atoms with Crippen LogP contribution in [0.4, 0.5) is 5.00 Å². The van der Waals surface area contributed by atoms with Crippen molar-refractivity contribution in [1.82, 2.24) is 4.90 Å². The van der Waals surface area contributed by atoms with Crippen LogP contribution in [0.3, 0.4) is 0 Å². The van der Waals surface area contributed by atoms with Crippen molar-refractivity contribution in [2.75, 3.05) is 31.6 Å². The molecule has 1 heterocycles. The number of nitrogens with one attached hydrogen (secondary N) is 1. The van der Waals surface area contributed by atoms with Crippen LogP contribution in [0.2, 0.25) is 0 Å². The summed E-state index contributed by atoms with van der Waals surface area (Å²) in [6.45, 7) is 8.35. The third kappa shape index (κ3) is 6.19. The minimum atomic E-state index is -0.412. The van der Waals surface area contributed by atoms with Crippen LogP contribution in [0.25, 0.3) is 10.4 Å². The molecule has 1 N–H and O–H groups in total. The van der Waals surface area contributed by atoms with Crippen LogP contribution in [0.1, 0.15) is 44.0 Å². The second-order valence-electron chi connectivity index (χ2n) is 6.26. The summed E-state index contributed by atoms with van der Waals surface area (Å²) in [6.07, 6.45) is 2.00. The molecule has 1 amide bonds. The molecule has 2 aromatic rings. The minimum absolute atomic E-state index is 0.107. The summed E-state index contributed by atoms with van der Waals surface area (Å²) in [5.41, 5.74) is 1.42. The lowest BCUT2D eigenvalue weighted by Crippen LogP contribution is -2.34. The monoisotopic (exact) mass is 388 g/mol. The van der Waals surface area contributed by atoms with Gasteiger partial charge in [0.25, 0.3) is 0 Å². The van der Waals surface area contributed by atoms with Gasteiger partial charge in [0, 0.05) is 4.88 Å². The fraction of sp³-hybridized carbons (Fsp3) is 0.429. The zero-order chi connectivity index (χ0) is 19.6. The smallest absolute Gasteiger partial charge is 0.341 e. The Labute approximate surface area is 165 Å². The van der Waals surface area contributed by atoms with E-state index >= 15 is 0 Å². The quantitative estimate of drug-likeness (QED) is 0.602. The molecule has 0 atom stereocenters. The number of hydrogen-bond acceptors (Lipinski definition) is 5. The second-order valence-corrected chi connectivity index (χ2v) is 7.32. The van der Waals surface area contributed by atoms with E-state index in [-0.39, 0.29) is 5.91 Å². The van der Waals surface area contributed by atoms with Gasteiger partial charge in [-0.3, -0.25) is 9.69 Å². The van der Waals surface area contributed by atoms with E-state index < -0.39 is 5.97 Å². The van der Waals surface area contributed by atoms with Crippen molar-refractivity contribution in [2.45, 2.75) is 33.6 Å². The minimum Gasteiger partial charge on any atom is -0.462 e. The molecular formula is C21H28N2O3S. The summed E-state index contributed by atoms with van der Waals surface area (Å²) >= 11 is 1.40. The molecule has 0 bridgehead atoms. The number of carbonyl (C=O) groups is 2. The standard InChI is InChI=1S/C21H28N2O3S/c1-4-12-23(13-5-2)15-19(24)22-20-17(21(25)26-6-3)14-18(27-20)16-10-8-7-9-11-16/h7-11,14H,4-6,12-13,15H2,1-3H3,(H,22,24). The van der Waals surface area contributed by atoms with Crippen molar-refractivity contribution in [3.05, 3.63) is 42.0 Å². The van der Waals surface area contributed by atoms with Gasteiger partial charge in [-0.25, -0.2) is 4.79 Å². The predicted octanol–water partition coefficient (Wildman–Crippen LogP) is 4.65. The number of carbonyl (C=O) groups excluding carboxylic acids is 2. The third-order valence-electron chi connectivity index (χ3n) is 3.99. The van der Waals surface area contributed by atoms with E-state index in [1.807, 2.05) is 30.3 Å². The van der Waals surface area contributed by atoms with Crippen molar-refractivity contribution in [3.8, 4) is 10.4 Å². The molecule has 0 saturated heterocycles. The highest BCUT2D eigenvalue weighted by Gasteiger charge is 2.20. The van der Waals surface area contributed by atoms with Crippen LogP contribution in [-0.4, -0.2) is 43.0 Å². The Balaban J connectivity index is 2.21. The maximum atomic E-state index is 12.6. The van der Waals surface area contributed by atoms with Crippen LogP contribution in [0.15, 0.2) is 36.4 Å². The Kier molecular flexibility index (Phi) is 8.48. The molecule has 6 heteroatoms. The molecular weight excluding hydrogens is 360 g/mol. The zero-order valence-corrected chi connectivity index (χ0v) is 17.1. The average Bonchev–Trinajstić information content (AvgIpc) is 3.07. The largest absolute Gasteiger partial charge is 0.462 e. The van der Waals surface area contributed by atoms with Gasteiger partial charge in [0.15, 0.2) is 0 Å². The Bertz CT molecular complexity index is 737. The van der Waals surface area contributed by atoms with Crippen LogP contribution >= 0.6 is 11.3 Å². The van der Waals surface area contributed by atoms with E-state index in [9.17, 15) is 9.59 Å². The topological polar surface area (TPSA) is 58.6 Å². The summed E-state index contributed by atoms with van der Waals surface area (Å²) < 4.78 is 5.16.